The van der Waals surface area contributed by atoms with Crippen molar-refractivity contribution in [2.45, 2.75) is 43.7 Å². The van der Waals surface area contributed by atoms with E-state index in [2.05, 4.69) is 43.9 Å². The molecule has 27 heavy (non-hydrogen) atoms. The summed E-state index contributed by atoms with van der Waals surface area (Å²) in [5.41, 5.74) is 2.79. The maximum absolute atomic E-state index is 13.0. The molecule has 0 saturated carbocycles. The zero-order valence-electron chi connectivity index (χ0n) is 16.2. The Hall–Kier alpha value is -1.82. The molecular weight excluding hydrogens is 356 g/mol. The number of benzene rings is 1. The summed E-state index contributed by atoms with van der Waals surface area (Å²) in [6.45, 7) is 1.77. The monoisotopic (exact) mass is 384 g/mol. The third kappa shape index (κ3) is 3.91. The second kappa shape index (κ2) is 8.05. The fourth-order valence-electron chi connectivity index (χ4n) is 4.48. The number of carbonyl (C=O) groups is 1. The molecule has 1 aromatic heterocycles. The zero-order chi connectivity index (χ0) is 18.8. The molecule has 1 saturated heterocycles. The molecule has 5 nitrogen and oxygen atoms in total. The molecule has 6 heteroatoms. The van der Waals surface area contributed by atoms with Crippen molar-refractivity contribution in [3.05, 3.63) is 41.2 Å². The summed E-state index contributed by atoms with van der Waals surface area (Å²) in [5, 5.41) is 9.54. The van der Waals surface area contributed by atoms with Gasteiger partial charge in [0.25, 0.3) is 0 Å². The first-order chi connectivity index (χ1) is 13.2. The van der Waals surface area contributed by atoms with Crippen molar-refractivity contribution in [3.8, 4) is 0 Å². The molecule has 1 aliphatic carbocycles. The Morgan fingerprint density at radius 3 is 2.59 bits per heavy atom. The van der Waals surface area contributed by atoms with Crippen LogP contribution in [-0.2, 0) is 31.1 Å². The average Bonchev–Trinajstić information content (AvgIpc) is 3.07. The van der Waals surface area contributed by atoms with E-state index < -0.39 is 0 Å². The van der Waals surface area contributed by atoms with Gasteiger partial charge in [0.15, 0.2) is 5.16 Å². The number of hydrogen-bond donors (Lipinski definition) is 0. The Morgan fingerprint density at radius 1 is 1.15 bits per heavy atom. The van der Waals surface area contributed by atoms with Crippen LogP contribution in [0.4, 0.5) is 0 Å². The largest absolute Gasteiger partial charge is 0.342 e. The highest BCUT2D eigenvalue weighted by atomic mass is 32.2. The molecule has 1 fully saturated rings. The van der Waals surface area contributed by atoms with Crippen molar-refractivity contribution in [2.24, 2.45) is 18.9 Å². The van der Waals surface area contributed by atoms with Crippen molar-refractivity contribution in [1.82, 2.24) is 19.7 Å². The van der Waals surface area contributed by atoms with Gasteiger partial charge in [-0.15, -0.1) is 10.2 Å². The lowest BCUT2D eigenvalue weighted by molar-refractivity contribution is -0.137. The van der Waals surface area contributed by atoms with Crippen LogP contribution in [0.15, 0.2) is 29.4 Å². The Bertz CT molecular complexity index is 810. The van der Waals surface area contributed by atoms with E-state index >= 15 is 0 Å². The maximum atomic E-state index is 13.0. The molecule has 2 aromatic rings. The van der Waals surface area contributed by atoms with Crippen molar-refractivity contribution in [3.63, 3.8) is 0 Å². The first kappa shape index (κ1) is 18.5. The van der Waals surface area contributed by atoms with Crippen LogP contribution in [0.3, 0.4) is 0 Å². The molecule has 1 amide bonds. The highest BCUT2D eigenvalue weighted by Crippen LogP contribution is 2.29. The maximum Gasteiger partial charge on any atom is 0.226 e. The van der Waals surface area contributed by atoms with E-state index in [1.54, 1.807) is 11.8 Å². The SMILES string of the molecule is CSc1nnc(CC2CCN(C(=O)[C@@H]3CCc4ccccc4C3)CC2)n1C. The van der Waals surface area contributed by atoms with Gasteiger partial charge >= 0.3 is 0 Å². The predicted octanol–water partition coefficient (Wildman–Crippen LogP) is 3.12. The summed E-state index contributed by atoms with van der Waals surface area (Å²) >= 11 is 1.63. The van der Waals surface area contributed by atoms with Gasteiger partial charge in [-0.25, -0.2) is 0 Å². The Balaban J connectivity index is 1.31. The molecule has 0 N–H and O–H groups in total. The molecule has 144 valence electrons. The first-order valence-corrected chi connectivity index (χ1v) is 11.2. The van der Waals surface area contributed by atoms with Crippen LogP contribution >= 0.6 is 11.8 Å². The molecule has 0 bridgehead atoms. The molecule has 0 spiro atoms. The smallest absolute Gasteiger partial charge is 0.226 e. The minimum atomic E-state index is 0.166. The topological polar surface area (TPSA) is 51.0 Å². The number of amides is 1. The molecular formula is C21H28N4OS. The van der Waals surface area contributed by atoms with Crippen molar-refractivity contribution >= 4 is 17.7 Å². The summed E-state index contributed by atoms with van der Waals surface area (Å²) in [4.78, 5) is 15.1. The van der Waals surface area contributed by atoms with Gasteiger partial charge in [0.05, 0.1) is 0 Å². The summed E-state index contributed by atoms with van der Waals surface area (Å²) < 4.78 is 2.10. The van der Waals surface area contributed by atoms with Crippen molar-refractivity contribution < 1.29 is 4.79 Å². The van der Waals surface area contributed by atoms with Gasteiger partial charge in [0.1, 0.15) is 5.82 Å². The van der Waals surface area contributed by atoms with Crippen LogP contribution in [0, 0.1) is 11.8 Å². The first-order valence-electron chi connectivity index (χ1n) is 9.93. The number of fused-ring (bicyclic) bond motifs is 1. The lowest BCUT2D eigenvalue weighted by atomic mass is 9.82. The fourth-order valence-corrected chi connectivity index (χ4v) is 4.98. The number of carbonyl (C=O) groups excluding carboxylic acids is 1. The number of aryl methyl sites for hydroxylation is 1. The third-order valence-electron chi connectivity index (χ3n) is 6.20. The number of aromatic nitrogens is 3. The summed E-state index contributed by atoms with van der Waals surface area (Å²) in [5.74, 6) is 2.19. The average molecular weight is 385 g/mol. The van der Waals surface area contributed by atoms with Crippen LogP contribution in [0.5, 0.6) is 0 Å². The van der Waals surface area contributed by atoms with E-state index in [-0.39, 0.29) is 5.92 Å². The van der Waals surface area contributed by atoms with E-state index in [1.807, 2.05) is 13.3 Å². The van der Waals surface area contributed by atoms with Gasteiger partial charge in [-0.3, -0.25) is 4.79 Å². The van der Waals surface area contributed by atoms with Gasteiger partial charge in [-0.05, 0) is 55.4 Å². The Morgan fingerprint density at radius 2 is 1.89 bits per heavy atom. The van der Waals surface area contributed by atoms with Gasteiger partial charge in [-0.2, -0.15) is 0 Å². The number of thioether (sulfide) groups is 1. The summed E-state index contributed by atoms with van der Waals surface area (Å²) in [6, 6.07) is 8.58. The van der Waals surface area contributed by atoms with E-state index in [1.165, 1.54) is 11.1 Å². The van der Waals surface area contributed by atoms with Crippen LogP contribution < -0.4 is 0 Å². The molecule has 4 rings (SSSR count). The number of likely N-dealkylation sites (tertiary alicyclic amines) is 1. The van der Waals surface area contributed by atoms with Crippen LogP contribution in [0.25, 0.3) is 0 Å². The molecule has 1 aromatic carbocycles. The van der Waals surface area contributed by atoms with Crippen LogP contribution in [0.2, 0.25) is 0 Å². The molecule has 0 unspecified atom stereocenters. The lowest BCUT2D eigenvalue weighted by Gasteiger charge is -2.35. The molecule has 2 heterocycles. The van der Waals surface area contributed by atoms with E-state index in [0.717, 1.165) is 62.6 Å². The van der Waals surface area contributed by atoms with Crippen molar-refractivity contribution in [1.29, 1.82) is 0 Å². The minimum absolute atomic E-state index is 0.166. The highest BCUT2D eigenvalue weighted by Gasteiger charge is 2.31. The van der Waals surface area contributed by atoms with Gasteiger partial charge in [0, 0.05) is 32.5 Å². The lowest BCUT2D eigenvalue weighted by Crippen LogP contribution is -2.43. The minimum Gasteiger partial charge on any atom is -0.342 e. The number of nitrogens with zero attached hydrogens (tertiary/aromatic N) is 4. The molecule has 1 atom stereocenters. The Kier molecular flexibility index (Phi) is 5.53. The van der Waals surface area contributed by atoms with Gasteiger partial charge < -0.3 is 9.47 Å². The number of piperidine rings is 1. The Labute approximate surface area is 165 Å². The van der Waals surface area contributed by atoms with Crippen LogP contribution in [-0.4, -0.2) is 44.9 Å². The zero-order valence-corrected chi connectivity index (χ0v) is 17.0. The third-order valence-corrected chi connectivity index (χ3v) is 6.92. The van der Waals surface area contributed by atoms with Gasteiger partial charge in [-0.1, -0.05) is 36.0 Å². The summed E-state index contributed by atoms with van der Waals surface area (Å²) in [7, 11) is 2.04. The van der Waals surface area contributed by atoms with Crippen LogP contribution in [0.1, 0.15) is 36.2 Å². The molecule has 2 aliphatic rings. The van der Waals surface area contributed by atoms with E-state index in [9.17, 15) is 4.79 Å². The van der Waals surface area contributed by atoms with Crippen molar-refractivity contribution in [2.75, 3.05) is 19.3 Å². The normalized spacial score (nSPS) is 20.5. The standard InChI is InChI=1S/C21H28N4OS/c1-24-19(22-23-21(24)27-2)13-15-9-11-25(12-10-15)20(26)18-8-7-16-5-3-4-6-17(16)14-18/h3-6,15,18H,7-14H2,1-2H3/t18-/m1/s1. The summed E-state index contributed by atoms with van der Waals surface area (Å²) in [6.07, 6.45) is 8.06. The quantitative estimate of drug-likeness (QED) is 0.760. The second-order valence-corrected chi connectivity index (χ2v) is 8.62. The predicted molar refractivity (Wildman–Crippen MR) is 108 cm³/mol. The van der Waals surface area contributed by atoms with Gasteiger partial charge in [0.2, 0.25) is 5.91 Å². The molecule has 0 radical (unpaired) electrons. The second-order valence-electron chi connectivity index (χ2n) is 7.84. The number of hydrogen-bond acceptors (Lipinski definition) is 4. The fraction of sp³-hybridized carbons (Fsp3) is 0.571. The highest BCUT2D eigenvalue weighted by molar-refractivity contribution is 7.98. The van der Waals surface area contributed by atoms with E-state index in [4.69, 9.17) is 0 Å². The number of rotatable bonds is 4. The van der Waals surface area contributed by atoms with E-state index in [0.29, 0.717) is 11.8 Å². The molecule has 1 aliphatic heterocycles.